The topological polar surface area (TPSA) is 52.6 Å². The van der Waals surface area contributed by atoms with Crippen LogP contribution in [-0.2, 0) is 19.1 Å². The summed E-state index contributed by atoms with van der Waals surface area (Å²) < 4.78 is 10.00. The van der Waals surface area contributed by atoms with E-state index in [0.29, 0.717) is 6.29 Å². The van der Waals surface area contributed by atoms with Crippen LogP contribution >= 0.6 is 0 Å². The summed E-state index contributed by atoms with van der Waals surface area (Å²) in [6.45, 7) is 2.25. The molecule has 1 aliphatic rings. The number of aryl methyl sites for hydroxylation is 1. The van der Waals surface area contributed by atoms with Crippen LogP contribution in [0.15, 0.2) is 36.4 Å². The molecule has 0 aliphatic carbocycles. The number of Topliss-reactive ketones (excluding diaryl/α,β-unsaturated/α-hetero) is 1. The highest BCUT2D eigenvalue weighted by molar-refractivity contribution is 5.95. The number of hydrogen-bond acceptors (Lipinski definition) is 4. The SMILES string of the molecule is COC.Cc1cccc2cccc(C3CC(=O)C(C=O)CO3)c12. The van der Waals surface area contributed by atoms with Gasteiger partial charge in [-0.15, -0.1) is 0 Å². The lowest BCUT2D eigenvalue weighted by atomic mass is 9.90. The number of rotatable bonds is 2. The number of ether oxygens (including phenoxy) is 2. The van der Waals surface area contributed by atoms with E-state index in [2.05, 4.69) is 29.9 Å². The molecule has 1 saturated heterocycles. The molecule has 0 spiro atoms. The van der Waals surface area contributed by atoms with E-state index in [9.17, 15) is 9.59 Å². The molecular formula is C19H22O4. The quantitative estimate of drug-likeness (QED) is 0.631. The van der Waals surface area contributed by atoms with Crippen LogP contribution in [0.1, 0.15) is 23.7 Å². The molecule has 2 atom stereocenters. The zero-order valence-electron chi connectivity index (χ0n) is 13.7. The molecule has 1 heterocycles. The average molecular weight is 314 g/mol. The monoisotopic (exact) mass is 314 g/mol. The van der Waals surface area contributed by atoms with Crippen LogP contribution < -0.4 is 0 Å². The fraction of sp³-hybridized carbons (Fsp3) is 0.368. The summed E-state index contributed by atoms with van der Waals surface area (Å²) in [7, 11) is 3.25. The number of aldehydes is 1. The van der Waals surface area contributed by atoms with Gasteiger partial charge in [0, 0.05) is 20.6 Å². The summed E-state index contributed by atoms with van der Waals surface area (Å²) >= 11 is 0. The fourth-order valence-corrected chi connectivity index (χ4v) is 2.85. The Kier molecular flexibility index (Phi) is 6.02. The van der Waals surface area contributed by atoms with Gasteiger partial charge in [0.15, 0.2) is 0 Å². The van der Waals surface area contributed by atoms with Gasteiger partial charge in [-0.05, 0) is 28.8 Å². The smallest absolute Gasteiger partial charge is 0.148 e. The van der Waals surface area contributed by atoms with E-state index in [1.165, 1.54) is 5.56 Å². The van der Waals surface area contributed by atoms with Crippen molar-refractivity contribution < 1.29 is 19.1 Å². The van der Waals surface area contributed by atoms with Crippen LogP contribution in [0.4, 0.5) is 0 Å². The highest BCUT2D eigenvalue weighted by Gasteiger charge is 2.30. The van der Waals surface area contributed by atoms with E-state index < -0.39 is 5.92 Å². The third kappa shape index (κ3) is 3.84. The molecular weight excluding hydrogens is 292 g/mol. The summed E-state index contributed by atoms with van der Waals surface area (Å²) in [5, 5.41) is 2.30. The van der Waals surface area contributed by atoms with Crippen LogP contribution in [0, 0.1) is 12.8 Å². The lowest BCUT2D eigenvalue weighted by Gasteiger charge is -2.26. The van der Waals surface area contributed by atoms with Crippen molar-refractivity contribution in [3.05, 3.63) is 47.5 Å². The fourth-order valence-electron chi connectivity index (χ4n) is 2.85. The van der Waals surface area contributed by atoms with E-state index in [-0.39, 0.29) is 24.9 Å². The molecule has 2 aromatic carbocycles. The Morgan fingerprint density at radius 2 is 1.83 bits per heavy atom. The minimum Gasteiger partial charge on any atom is -0.388 e. The maximum atomic E-state index is 11.9. The maximum Gasteiger partial charge on any atom is 0.148 e. The number of benzene rings is 2. The Morgan fingerprint density at radius 3 is 2.43 bits per heavy atom. The summed E-state index contributed by atoms with van der Waals surface area (Å²) in [6, 6.07) is 12.2. The normalized spacial score (nSPS) is 20.7. The molecule has 0 aromatic heterocycles. The van der Waals surface area contributed by atoms with Gasteiger partial charge >= 0.3 is 0 Å². The van der Waals surface area contributed by atoms with Gasteiger partial charge in [0.05, 0.1) is 18.6 Å². The molecule has 122 valence electrons. The Balaban J connectivity index is 0.000000595. The molecule has 0 saturated carbocycles. The number of methoxy groups -OCH3 is 1. The Labute approximate surface area is 136 Å². The lowest BCUT2D eigenvalue weighted by molar-refractivity contribution is -0.139. The standard InChI is InChI=1S/C17H16O3.C2H6O/c1-11-4-2-5-12-6-3-7-14(17(11)12)16-8-15(19)13(9-18)10-20-16;1-3-2/h2-7,9,13,16H,8,10H2,1H3;1-2H3. The highest BCUT2D eigenvalue weighted by Crippen LogP contribution is 2.34. The van der Waals surface area contributed by atoms with Crippen molar-refractivity contribution in [3.8, 4) is 0 Å². The number of carbonyl (C=O) groups is 2. The molecule has 1 aliphatic heterocycles. The first-order valence-electron chi connectivity index (χ1n) is 7.60. The van der Waals surface area contributed by atoms with Crippen molar-refractivity contribution >= 4 is 22.8 Å². The summed E-state index contributed by atoms with van der Waals surface area (Å²) in [5.41, 5.74) is 2.21. The predicted octanol–water partition coefficient (Wildman–Crippen LogP) is 3.26. The van der Waals surface area contributed by atoms with Crippen molar-refractivity contribution in [1.29, 1.82) is 0 Å². The number of carbonyl (C=O) groups excluding carboxylic acids is 2. The van der Waals surface area contributed by atoms with Gasteiger partial charge in [-0.3, -0.25) is 4.79 Å². The molecule has 4 heteroatoms. The summed E-state index contributed by atoms with van der Waals surface area (Å²) in [5.74, 6) is -0.621. The third-order valence-corrected chi connectivity index (χ3v) is 3.93. The van der Waals surface area contributed by atoms with Crippen molar-refractivity contribution in [3.63, 3.8) is 0 Å². The second-order valence-electron chi connectivity index (χ2n) is 5.66. The molecule has 2 unspecified atom stereocenters. The van der Waals surface area contributed by atoms with Crippen molar-refractivity contribution in [2.45, 2.75) is 19.4 Å². The molecule has 1 fully saturated rings. The number of ketones is 1. The first kappa shape index (κ1) is 17.3. The first-order valence-corrected chi connectivity index (χ1v) is 7.60. The number of hydrogen-bond donors (Lipinski definition) is 0. The average Bonchev–Trinajstić information content (AvgIpc) is 2.55. The molecule has 0 bridgehead atoms. The van der Waals surface area contributed by atoms with Crippen molar-refractivity contribution in [2.75, 3.05) is 20.8 Å². The minimum absolute atomic E-state index is 0.0261. The van der Waals surface area contributed by atoms with Crippen LogP contribution in [0.3, 0.4) is 0 Å². The van der Waals surface area contributed by atoms with Gasteiger partial charge in [-0.1, -0.05) is 36.4 Å². The van der Waals surface area contributed by atoms with E-state index in [1.807, 2.05) is 18.2 Å². The van der Waals surface area contributed by atoms with E-state index >= 15 is 0 Å². The van der Waals surface area contributed by atoms with E-state index in [4.69, 9.17) is 4.74 Å². The predicted molar refractivity (Wildman–Crippen MR) is 89.5 cm³/mol. The summed E-state index contributed by atoms with van der Waals surface area (Å²) in [4.78, 5) is 22.7. The molecule has 0 amide bonds. The van der Waals surface area contributed by atoms with Crippen LogP contribution in [0.5, 0.6) is 0 Å². The van der Waals surface area contributed by atoms with Crippen molar-refractivity contribution in [1.82, 2.24) is 0 Å². The molecule has 23 heavy (non-hydrogen) atoms. The van der Waals surface area contributed by atoms with Crippen molar-refractivity contribution in [2.24, 2.45) is 5.92 Å². The van der Waals surface area contributed by atoms with Gasteiger partial charge in [0.25, 0.3) is 0 Å². The van der Waals surface area contributed by atoms with Crippen LogP contribution in [0.25, 0.3) is 10.8 Å². The first-order chi connectivity index (χ1) is 11.1. The largest absolute Gasteiger partial charge is 0.388 e. The van der Waals surface area contributed by atoms with Crippen LogP contribution in [0.2, 0.25) is 0 Å². The Morgan fingerprint density at radius 1 is 1.17 bits per heavy atom. The van der Waals surface area contributed by atoms with E-state index in [0.717, 1.165) is 16.3 Å². The van der Waals surface area contributed by atoms with Crippen LogP contribution in [-0.4, -0.2) is 32.9 Å². The van der Waals surface area contributed by atoms with Gasteiger partial charge in [0.1, 0.15) is 12.1 Å². The lowest BCUT2D eigenvalue weighted by Crippen LogP contribution is -2.30. The third-order valence-electron chi connectivity index (χ3n) is 3.93. The Hall–Kier alpha value is -2.04. The van der Waals surface area contributed by atoms with Gasteiger partial charge in [-0.2, -0.15) is 0 Å². The second kappa shape index (κ2) is 7.99. The maximum absolute atomic E-state index is 11.9. The zero-order chi connectivity index (χ0) is 16.8. The highest BCUT2D eigenvalue weighted by atomic mass is 16.5. The minimum atomic E-state index is -0.595. The molecule has 0 N–H and O–H groups in total. The number of fused-ring (bicyclic) bond motifs is 1. The van der Waals surface area contributed by atoms with Gasteiger partial charge in [0.2, 0.25) is 0 Å². The molecule has 2 aromatic rings. The van der Waals surface area contributed by atoms with Gasteiger partial charge < -0.3 is 14.3 Å². The molecule has 0 radical (unpaired) electrons. The Bertz CT molecular complexity index is 688. The summed E-state index contributed by atoms with van der Waals surface area (Å²) in [6.07, 6.45) is 0.715. The molecule has 3 rings (SSSR count). The van der Waals surface area contributed by atoms with Gasteiger partial charge in [-0.25, -0.2) is 0 Å². The molecule has 4 nitrogen and oxygen atoms in total. The zero-order valence-corrected chi connectivity index (χ0v) is 13.7. The second-order valence-corrected chi connectivity index (χ2v) is 5.66. The van der Waals surface area contributed by atoms with E-state index in [1.54, 1.807) is 14.2 Å².